The molecule has 0 fully saturated rings. The van der Waals surface area contributed by atoms with Crippen molar-refractivity contribution in [3.05, 3.63) is 23.8 Å². The summed E-state index contributed by atoms with van der Waals surface area (Å²) in [7, 11) is 3.05. The number of urea groups is 1. The van der Waals surface area contributed by atoms with Gasteiger partial charge in [0.1, 0.15) is 5.75 Å². The molecule has 2 N–H and O–H groups in total. The molecule has 0 radical (unpaired) electrons. The summed E-state index contributed by atoms with van der Waals surface area (Å²) in [6.45, 7) is 3.29. The molecule has 0 bridgehead atoms. The van der Waals surface area contributed by atoms with Crippen molar-refractivity contribution in [1.29, 1.82) is 0 Å². The minimum Gasteiger partial charge on any atom is -0.497 e. The highest BCUT2D eigenvalue weighted by Gasteiger charge is 2.15. The van der Waals surface area contributed by atoms with Crippen LogP contribution < -0.4 is 10.1 Å². The largest absolute Gasteiger partial charge is 0.497 e. The summed E-state index contributed by atoms with van der Waals surface area (Å²) in [6.07, 6.45) is 0. The minimum atomic E-state index is -1.14. The summed E-state index contributed by atoms with van der Waals surface area (Å²) in [5.74, 6) is -0.726. The number of benzene rings is 1. The molecular formula is C14H20N2O5. The molecule has 0 saturated heterocycles. The standard InChI is InChI=1S/C14H20N2O5/c1-4-21-8-7-16(2)14(19)15-12-6-5-10(20-3)9-11(12)13(17)18/h5-6,9H,4,7-8H2,1-3H3,(H,15,19)(H,17,18). The monoisotopic (exact) mass is 296 g/mol. The summed E-state index contributed by atoms with van der Waals surface area (Å²) in [4.78, 5) is 24.6. The average molecular weight is 296 g/mol. The second kappa shape index (κ2) is 8.11. The van der Waals surface area contributed by atoms with Crippen LogP contribution in [0.5, 0.6) is 5.75 Å². The van der Waals surface area contributed by atoms with E-state index in [4.69, 9.17) is 14.6 Å². The Hall–Kier alpha value is -2.28. The van der Waals surface area contributed by atoms with Crippen LogP contribution in [0.2, 0.25) is 0 Å². The third kappa shape index (κ3) is 4.96. The number of carboxylic acid groups (broad SMARTS) is 1. The highest BCUT2D eigenvalue weighted by Crippen LogP contribution is 2.22. The minimum absolute atomic E-state index is 0.0269. The van der Waals surface area contributed by atoms with Crippen molar-refractivity contribution in [2.75, 3.05) is 39.2 Å². The lowest BCUT2D eigenvalue weighted by atomic mass is 10.1. The van der Waals surface area contributed by atoms with Crippen LogP contribution in [0.25, 0.3) is 0 Å². The number of carboxylic acids is 1. The molecule has 7 nitrogen and oxygen atoms in total. The van der Waals surface area contributed by atoms with Gasteiger partial charge in [-0.25, -0.2) is 9.59 Å². The van der Waals surface area contributed by atoms with Gasteiger partial charge < -0.3 is 24.8 Å². The van der Waals surface area contributed by atoms with Gasteiger partial charge in [0.05, 0.1) is 25.0 Å². The number of hydrogen-bond acceptors (Lipinski definition) is 4. The fraction of sp³-hybridized carbons (Fsp3) is 0.429. The Balaban J connectivity index is 2.77. The zero-order valence-electron chi connectivity index (χ0n) is 12.4. The molecule has 21 heavy (non-hydrogen) atoms. The number of amides is 2. The van der Waals surface area contributed by atoms with Crippen molar-refractivity contribution in [3.8, 4) is 5.75 Å². The summed E-state index contributed by atoms with van der Waals surface area (Å²) < 4.78 is 10.1. The lowest BCUT2D eigenvalue weighted by molar-refractivity contribution is 0.0697. The zero-order valence-corrected chi connectivity index (χ0v) is 12.4. The molecule has 1 rings (SSSR count). The second-order valence-corrected chi connectivity index (χ2v) is 4.27. The molecule has 0 aliphatic heterocycles. The molecule has 0 aliphatic carbocycles. The number of carbonyl (C=O) groups excluding carboxylic acids is 1. The van der Waals surface area contributed by atoms with Crippen LogP contribution in [-0.4, -0.2) is 55.9 Å². The predicted molar refractivity (Wildman–Crippen MR) is 78.1 cm³/mol. The third-order valence-corrected chi connectivity index (χ3v) is 2.82. The maximum Gasteiger partial charge on any atom is 0.337 e. The molecule has 0 aromatic heterocycles. The van der Waals surface area contributed by atoms with Gasteiger partial charge in [0.15, 0.2) is 0 Å². The molecule has 0 heterocycles. The molecule has 116 valence electrons. The van der Waals surface area contributed by atoms with E-state index < -0.39 is 12.0 Å². The summed E-state index contributed by atoms with van der Waals surface area (Å²) in [5, 5.41) is 11.7. The second-order valence-electron chi connectivity index (χ2n) is 4.27. The molecule has 0 saturated carbocycles. The first-order valence-electron chi connectivity index (χ1n) is 6.50. The number of carbonyl (C=O) groups is 2. The molecule has 0 aliphatic rings. The average Bonchev–Trinajstić information content (AvgIpc) is 2.47. The molecule has 0 atom stereocenters. The van der Waals surface area contributed by atoms with Crippen LogP contribution in [0, 0.1) is 0 Å². The van der Waals surface area contributed by atoms with Crippen LogP contribution in [0.15, 0.2) is 18.2 Å². The smallest absolute Gasteiger partial charge is 0.337 e. The third-order valence-electron chi connectivity index (χ3n) is 2.82. The molecule has 2 amide bonds. The Morgan fingerprint density at radius 1 is 1.38 bits per heavy atom. The van der Waals surface area contributed by atoms with E-state index in [1.54, 1.807) is 13.1 Å². The van der Waals surface area contributed by atoms with Crippen molar-refractivity contribution < 1.29 is 24.2 Å². The topological polar surface area (TPSA) is 88.1 Å². The van der Waals surface area contributed by atoms with Crippen LogP contribution >= 0.6 is 0 Å². The Labute approximate surface area is 123 Å². The van der Waals surface area contributed by atoms with Crippen molar-refractivity contribution in [3.63, 3.8) is 0 Å². The van der Waals surface area contributed by atoms with Gasteiger partial charge in [-0.15, -0.1) is 0 Å². The summed E-state index contributed by atoms with van der Waals surface area (Å²) in [6, 6.07) is 4.04. The number of ether oxygens (including phenoxy) is 2. The number of likely N-dealkylation sites (N-methyl/N-ethyl adjacent to an activating group) is 1. The number of anilines is 1. The van der Waals surface area contributed by atoms with Crippen molar-refractivity contribution >= 4 is 17.7 Å². The van der Waals surface area contributed by atoms with Crippen LogP contribution in [-0.2, 0) is 4.74 Å². The van der Waals surface area contributed by atoms with Gasteiger partial charge in [-0.1, -0.05) is 0 Å². The van der Waals surface area contributed by atoms with Gasteiger partial charge in [0.2, 0.25) is 0 Å². The van der Waals surface area contributed by atoms with E-state index in [-0.39, 0.29) is 11.3 Å². The lowest BCUT2D eigenvalue weighted by Crippen LogP contribution is -2.34. The van der Waals surface area contributed by atoms with E-state index in [0.29, 0.717) is 25.5 Å². The molecular weight excluding hydrogens is 276 g/mol. The number of hydrogen-bond donors (Lipinski definition) is 2. The van der Waals surface area contributed by atoms with E-state index in [2.05, 4.69) is 5.32 Å². The van der Waals surface area contributed by atoms with Crippen LogP contribution in [0.1, 0.15) is 17.3 Å². The van der Waals surface area contributed by atoms with Gasteiger partial charge in [0.25, 0.3) is 0 Å². The first-order chi connectivity index (χ1) is 9.99. The van der Waals surface area contributed by atoms with Gasteiger partial charge in [-0.2, -0.15) is 0 Å². The Morgan fingerprint density at radius 2 is 2.10 bits per heavy atom. The van der Waals surface area contributed by atoms with Crippen LogP contribution in [0.4, 0.5) is 10.5 Å². The molecule has 0 spiro atoms. The van der Waals surface area contributed by atoms with Crippen LogP contribution in [0.3, 0.4) is 0 Å². The van der Waals surface area contributed by atoms with E-state index in [1.165, 1.54) is 24.1 Å². The van der Waals surface area contributed by atoms with E-state index >= 15 is 0 Å². The SMILES string of the molecule is CCOCCN(C)C(=O)Nc1ccc(OC)cc1C(=O)O. The maximum absolute atomic E-state index is 12.0. The fourth-order valence-corrected chi connectivity index (χ4v) is 1.59. The molecule has 7 heteroatoms. The molecule has 1 aromatic rings. The predicted octanol–water partition coefficient (Wildman–Crippen LogP) is 1.89. The van der Waals surface area contributed by atoms with Gasteiger partial charge in [-0.05, 0) is 25.1 Å². The number of aromatic carboxylic acids is 1. The first kappa shape index (κ1) is 16.8. The first-order valence-corrected chi connectivity index (χ1v) is 6.50. The number of methoxy groups -OCH3 is 1. The Bertz CT molecular complexity index is 504. The maximum atomic E-state index is 12.0. The quantitative estimate of drug-likeness (QED) is 0.750. The van der Waals surface area contributed by atoms with Gasteiger partial charge in [0, 0.05) is 20.2 Å². The Kier molecular flexibility index (Phi) is 6.48. The van der Waals surface area contributed by atoms with Gasteiger partial charge in [-0.3, -0.25) is 0 Å². The normalized spacial score (nSPS) is 10.0. The summed E-state index contributed by atoms with van der Waals surface area (Å²) in [5.41, 5.74) is 0.192. The molecule has 0 unspecified atom stereocenters. The van der Waals surface area contributed by atoms with E-state index in [9.17, 15) is 9.59 Å². The summed E-state index contributed by atoms with van der Waals surface area (Å²) >= 11 is 0. The number of nitrogens with zero attached hydrogens (tertiary/aromatic N) is 1. The lowest BCUT2D eigenvalue weighted by Gasteiger charge is -2.18. The number of nitrogens with one attached hydrogen (secondary N) is 1. The number of rotatable bonds is 7. The van der Waals surface area contributed by atoms with E-state index in [0.717, 1.165) is 0 Å². The fourth-order valence-electron chi connectivity index (χ4n) is 1.59. The zero-order chi connectivity index (χ0) is 15.8. The Morgan fingerprint density at radius 3 is 2.67 bits per heavy atom. The van der Waals surface area contributed by atoms with Gasteiger partial charge >= 0.3 is 12.0 Å². The molecule has 1 aromatic carbocycles. The van der Waals surface area contributed by atoms with E-state index in [1.807, 2.05) is 6.92 Å². The van der Waals surface area contributed by atoms with Crippen molar-refractivity contribution in [1.82, 2.24) is 4.90 Å². The van der Waals surface area contributed by atoms with Crippen molar-refractivity contribution in [2.24, 2.45) is 0 Å². The highest BCUT2D eigenvalue weighted by molar-refractivity contribution is 6.00. The van der Waals surface area contributed by atoms with Crippen molar-refractivity contribution in [2.45, 2.75) is 6.92 Å². The highest BCUT2D eigenvalue weighted by atomic mass is 16.5.